The molecule has 5 N–H and O–H groups in total. The van der Waals surface area contributed by atoms with Gasteiger partial charge in [-0.15, -0.1) is 0 Å². The number of benzene rings is 1. The van der Waals surface area contributed by atoms with Crippen LogP contribution in [-0.2, 0) is 11.3 Å². The number of amides is 1. The van der Waals surface area contributed by atoms with Crippen LogP contribution in [0.4, 0.5) is 4.79 Å². The molecule has 16 heavy (non-hydrogen) atoms. The van der Waals surface area contributed by atoms with Crippen molar-refractivity contribution in [3.05, 3.63) is 35.9 Å². The van der Waals surface area contributed by atoms with Crippen LogP contribution in [0.2, 0.25) is 0 Å². The van der Waals surface area contributed by atoms with Crippen LogP contribution in [0.3, 0.4) is 0 Å². The predicted molar refractivity (Wildman–Crippen MR) is 59.7 cm³/mol. The summed E-state index contributed by atoms with van der Waals surface area (Å²) in [5.41, 5.74) is 5.94. The van der Waals surface area contributed by atoms with E-state index in [4.69, 9.17) is 15.9 Å². The van der Waals surface area contributed by atoms with Crippen molar-refractivity contribution >= 4 is 12.1 Å². The molecular formula is C10H14N4O2. The minimum Gasteiger partial charge on any atom is -0.445 e. The second-order valence-electron chi connectivity index (χ2n) is 3.01. The van der Waals surface area contributed by atoms with Crippen LogP contribution in [0.15, 0.2) is 30.3 Å². The highest BCUT2D eigenvalue weighted by molar-refractivity contribution is 5.75. The summed E-state index contributed by atoms with van der Waals surface area (Å²) in [7, 11) is 0. The number of ether oxygens (including phenoxy) is 1. The minimum atomic E-state index is -0.558. The zero-order valence-corrected chi connectivity index (χ0v) is 8.69. The first-order chi connectivity index (χ1) is 7.68. The molecule has 0 bridgehead atoms. The Morgan fingerprint density at radius 2 is 2.00 bits per heavy atom. The summed E-state index contributed by atoms with van der Waals surface area (Å²) in [5.74, 6) is -0.205. The van der Waals surface area contributed by atoms with E-state index in [2.05, 4.69) is 10.6 Å². The second kappa shape index (κ2) is 6.28. The summed E-state index contributed by atoms with van der Waals surface area (Å²) < 4.78 is 4.91. The normalized spacial score (nSPS) is 9.25. The third-order valence-electron chi connectivity index (χ3n) is 1.72. The molecule has 86 valence electrons. The van der Waals surface area contributed by atoms with Gasteiger partial charge in [-0.1, -0.05) is 30.3 Å². The lowest BCUT2D eigenvalue weighted by Crippen LogP contribution is -2.40. The first kappa shape index (κ1) is 11.8. The second-order valence-corrected chi connectivity index (χ2v) is 3.01. The van der Waals surface area contributed by atoms with Gasteiger partial charge < -0.3 is 21.1 Å². The van der Waals surface area contributed by atoms with E-state index >= 15 is 0 Å². The van der Waals surface area contributed by atoms with Crippen molar-refractivity contribution in [3.8, 4) is 0 Å². The van der Waals surface area contributed by atoms with Crippen molar-refractivity contribution in [1.82, 2.24) is 10.6 Å². The summed E-state index contributed by atoms with van der Waals surface area (Å²) >= 11 is 0. The molecule has 0 spiro atoms. The van der Waals surface area contributed by atoms with Crippen LogP contribution in [0.25, 0.3) is 0 Å². The molecule has 0 fully saturated rings. The average Bonchev–Trinajstić information content (AvgIpc) is 2.27. The zero-order valence-electron chi connectivity index (χ0n) is 8.69. The Morgan fingerprint density at radius 1 is 1.31 bits per heavy atom. The Bertz CT molecular complexity index is 353. The molecule has 0 aliphatic carbocycles. The van der Waals surface area contributed by atoms with E-state index in [1.807, 2.05) is 30.3 Å². The number of carbonyl (C=O) groups is 1. The third-order valence-corrected chi connectivity index (χ3v) is 1.72. The highest BCUT2D eigenvalue weighted by Crippen LogP contribution is 1.99. The van der Waals surface area contributed by atoms with E-state index in [9.17, 15) is 4.79 Å². The van der Waals surface area contributed by atoms with E-state index in [0.717, 1.165) is 5.56 Å². The van der Waals surface area contributed by atoms with Gasteiger partial charge >= 0.3 is 6.09 Å². The highest BCUT2D eigenvalue weighted by Gasteiger charge is 2.00. The lowest BCUT2D eigenvalue weighted by Gasteiger charge is -2.07. The van der Waals surface area contributed by atoms with E-state index in [1.54, 1.807) is 0 Å². The van der Waals surface area contributed by atoms with Crippen LogP contribution in [0, 0.1) is 5.41 Å². The SMILES string of the molecule is N=C(N)NCNC(=O)OCc1ccccc1. The fourth-order valence-corrected chi connectivity index (χ4v) is 0.986. The molecule has 0 heterocycles. The van der Waals surface area contributed by atoms with E-state index in [1.165, 1.54) is 0 Å². The maximum Gasteiger partial charge on any atom is 0.408 e. The summed E-state index contributed by atoms with van der Waals surface area (Å²) in [4.78, 5) is 11.1. The Labute approximate surface area is 93.3 Å². The summed E-state index contributed by atoms with van der Waals surface area (Å²) in [5, 5.41) is 11.7. The highest BCUT2D eigenvalue weighted by atomic mass is 16.5. The van der Waals surface area contributed by atoms with Crippen LogP contribution in [-0.4, -0.2) is 18.7 Å². The summed E-state index contributed by atoms with van der Waals surface area (Å²) in [6, 6.07) is 9.35. The summed E-state index contributed by atoms with van der Waals surface area (Å²) in [6.45, 7) is 0.287. The Morgan fingerprint density at radius 3 is 2.62 bits per heavy atom. The van der Waals surface area contributed by atoms with Gasteiger partial charge in [0.15, 0.2) is 5.96 Å². The maximum absolute atomic E-state index is 11.1. The molecular weight excluding hydrogens is 208 g/mol. The van der Waals surface area contributed by atoms with Crippen LogP contribution in [0.1, 0.15) is 5.56 Å². The lowest BCUT2D eigenvalue weighted by atomic mass is 10.2. The standard InChI is InChI=1S/C10H14N4O2/c11-9(12)13-7-14-10(15)16-6-8-4-2-1-3-5-8/h1-5H,6-7H2,(H,14,15)(H4,11,12,13). The third kappa shape index (κ3) is 4.85. The summed E-state index contributed by atoms with van der Waals surface area (Å²) in [6.07, 6.45) is -0.558. The Hall–Kier alpha value is -2.24. The van der Waals surface area contributed by atoms with Gasteiger partial charge in [-0.2, -0.15) is 0 Å². The van der Waals surface area contributed by atoms with E-state index in [-0.39, 0.29) is 19.2 Å². The first-order valence-corrected chi connectivity index (χ1v) is 4.71. The average molecular weight is 222 g/mol. The Balaban J connectivity index is 2.18. The molecule has 1 rings (SSSR count). The minimum absolute atomic E-state index is 0.0724. The van der Waals surface area contributed by atoms with E-state index in [0.29, 0.717) is 0 Å². The molecule has 0 saturated carbocycles. The van der Waals surface area contributed by atoms with Crippen molar-refractivity contribution in [2.75, 3.05) is 6.67 Å². The molecule has 6 nitrogen and oxygen atoms in total. The lowest BCUT2D eigenvalue weighted by molar-refractivity contribution is 0.139. The number of alkyl carbamates (subject to hydrolysis) is 1. The smallest absolute Gasteiger partial charge is 0.408 e. The molecule has 1 amide bonds. The molecule has 0 radical (unpaired) electrons. The molecule has 0 aliphatic rings. The number of carbonyl (C=O) groups excluding carboxylic acids is 1. The molecule has 0 unspecified atom stereocenters. The number of hydrogen-bond acceptors (Lipinski definition) is 3. The topological polar surface area (TPSA) is 100 Å². The van der Waals surface area contributed by atoms with Crippen molar-refractivity contribution in [2.24, 2.45) is 5.73 Å². The fourth-order valence-electron chi connectivity index (χ4n) is 0.986. The molecule has 0 aromatic heterocycles. The first-order valence-electron chi connectivity index (χ1n) is 4.71. The molecule has 1 aromatic carbocycles. The zero-order chi connectivity index (χ0) is 11.8. The van der Waals surface area contributed by atoms with Gasteiger partial charge in [0.1, 0.15) is 6.61 Å². The van der Waals surface area contributed by atoms with Gasteiger partial charge in [-0.3, -0.25) is 5.41 Å². The van der Waals surface area contributed by atoms with Gasteiger partial charge in [0.2, 0.25) is 0 Å². The fraction of sp³-hybridized carbons (Fsp3) is 0.200. The van der Waals surface area contributed by atoms with Crippen molar-refractivity contribution < 1.29 is 9.53 Å². The quantitative estimate of drug-likeness (QED) is 0.335. The van der Waals surface area contributed by atoms with Gasteiger partial charge in [-0.25, -0.2) is 4.79 Å². The van der Waals surface area contributed by atoms with E-state index < -0.39 is 6.09 Å². The van der Waals surface area contributed by atoms with Gasteiger partial charge in [0, 0.05) is 0 Å². The molecule has 0 aliphatic heterocycles. The number of rotatable bonds is 4. The van der Waals surface area contributed by atoms with Gasteiger partial charge in [-0.05, 0) is 5.56 Å². The van der Waals surface area contributed by atoms with Crippen LogP contribution >= 0.6 is 0 Å². The molecule has 1 aromatic rings. The number of nitrogens with one attached hydrogen (secondary N) is 3. The van der Waals surface area contributed by atoms with Crippen LogP contribution in [0.5, 0.6) is 0 Å². The van der Waals surface area contributed by atoms with Gasteiger partial charge in [0.05, 0.1) is 6.67 Å². The Kier molecular flexibility index (Phi) is 4.65. The maximum atomic E-state index is 11.1. The molecule has 0 atom stereocenters. The molecule has 6 heteroatoms. The largest absolute Gasteiger partial charge is 0.445 e. The van der Waals surface area contributed by atoms with Crippen molar-refractivity contribution in [2.45, 2.75) is 6.61 Å². The number of guanidine groups is 1. The monoisotopic (exact) mass is 222 g/mol. The van der Waals surface area contributed by atoms with Crippen molar-refractivity contribution in [1.29, 1.82) is 5.41 Å². The van der Waals surface area contributed by atoms with Gasteiger partial charge in [0.25, 0.3) is 0 Å². The predicted octanol–water partition coefficient (Wildman–Crippen LogP) is 0.353. The number of hydrogen-bond donors (Lipinski definition) is 4. The number of nitrogens with two attached hydrogens (primary N) is 1. The van der Waals surface area contributed by atoms with Crippen LogP contribution < -0.4 is 16.4 Å². The van der Waals surface area contributed by atoms with Crippen molar-refractivity contribution in [3.63, 3.8) is 0 Å². The molecule has 0 saturated heterocycles.